The van der Waals surface area contributed by atoms with E-state index < -0.39 is 17.5 Å². The average molecular weight is 266 g/mol. The molecule has 0 aliphatic rings. The van der Waals surface area contributed by atoms with Crippen LogP contribution in [0.5, 0.6) is 5.75 Å². The Labute approximate surface area is 112 Å². The van der Waals surface area contributed by atoms with E-state index in [1.807, 2.05) is 0 Å². The number of carbonyl (C=O) groups excluding carboxylic acids is 1. The van der Waals surface area contributed by atoms with Crippen LogP contribution < -0.4 is 4.74 Å². The van der Waals surface area contributed by atoms with E-state index in [0.29, 0.717) is 17.9 Å². The van der Waals surface area contributed by atoms with E-state index in [9.17, 15) is 9.59 Å². The molecule has 0 spiro atoms. The molecule has 5 nitrogen and oxygen atoms in total. The predicted molar refractivity (Wildman–Crippen MR) is 69.1 cm³/mol. The lowest BCUT2D eigenvalue weighted by Gasteiger charge is -2.24. The van der Waals surface area contributed by atoms with Gasteiger partial charge in [0.25, 0.3) is 0 Å². The van der Waals surface area contributed by atoms with Crippen LogP contribution in [0.4, 0.5) is 0 Å². The third-order valence-electron chi connectivity index (χ3n) is 2.42. The second-order valence-corrected chi connectivity index (χ2v) is 4.55. The fraction of sp³-hybridized carbons (Fsp3) is 0.429. The molecule has 0 bridgehead atoms. The fourth-order valence-corrected chi connectivity index (χ4v) is 1.49. The molecule has 0 radical (unpaired) electrons. The molecule has 104 valence electrons. The van der Waals surface area contributed by atoms with Gasteiger partial charge in [-0.25, -0.2) is 4.79 Å². The normalized spacial score (nSPS) is 10.9. The largest absolute Gasteiger partial charge is 0.481 e. The van der Waals surface area contributed by atoms with Gasteiger partial charge in [-0.15, -0.1) is 0 Å². The van der Waals surface area contributed by atoms with Crippen molar-refractivity contribution >= 4 is 11.9 Å². The van der Waals surface area contributed by atoms with Crippen LogP contribution in [0.25, 0.3) is 0 Å². The Bertz CT molecular complexity index is 447. The van der Waals surface area contributed by atoms with Crippen LogP contribution in [-0.4, -0.2) is 29.3 Å². The highest BCUT2D eigenvalue weighted by atomic mass is 16.6. The maximum atomic E-state index is 11.7. The van der Waals surface area contributed by atoms with Crippen molar-refractivity contribution in [3.05, 3.63) is 29.8 Å². The van der Waals surface area contributed by atoms with Crippen LogP contribution in [0.15, 0.2) is 24.3 Å². The SMILES string of the molecule is CCOC(=O)C(C)(C)Oc1ccc(CC(=O)O)cc1. The molecule has 1 aromatic rings. The monoisotopic (exact) mass is 266 g/mol. The minimum atomic E-state index is -1.08. The number of aliphatic carboxylic acids is 1. The Kier molecular flexibility index (Phi) is 4.92. The van der Waals surface area contributed by atoms with E-state index in [2.05, 4.69) is 0 Å². The van der Waals surface area contributed by atoms with Gasteiger partial charge in [0, 0.05) is 0 Å². The van der Waals surface area contributed by atoms with Gasteiger partial charge in [0.2, 0.25) is 0 Å². The Balaban J connectivity index is 2.71. The molecule has 0 saturated carbocycles. The highest BCUT2D eigenvalue weighted by molar-refractivity contribution is 5.79. The minimum Gasteiger partial charge on any atom is -0.481 e. The molecule has 0 aliphatic heterocycles. The van der Waals surface area contributed by atoms with Crippen molar-refractivity contribution < 1.29 is 24.2 Å². The van der Waals surface area contributed by atoms with Gasteiger partial charge in [0.15, 0.2) is 5.60 Å². The summed E-state index contributed by atoms with van der Waals surface area (Å²) in [6.45, 7) is 5.27. The zero-order valence-electron chi connectivity index (χ0n) is 11.3. The number of carboxylic acids is 1. The molecule has 0 fully saturated rings. The summed E-state index contributed by atoms with van der Waals surface area (Å²) < 4.78 is 10.5. The third kappa shape index (κ3) is 4.62. The summed E-state index contributed by atoms with van der Waals surface area (Å²) in [5.74, 6) is -0.836. The zero-order valence-corrected chi connectivity index (χ0v) is 11.3. The molecular weight excluding hydrogens is 248 g/mol. The topological polar surface area (TPSA) is 72.8 Å². The summed E-state index contributed by atoms with van der Waals surface area (Å²) in [7, 11) is 0. The first-order chi connectivity index (χ1) is 8.85. The van der Waals surface area contributed by atoms with Crippen LogP contribution in [0.2, 0.25) is 0 Å². The van der Waals surface area contributed by atoms with Crippen LogP contribution in [0.3, 0.4) is 0 Å². The molecule has 0 amide bonds. The number of hydrogen-bond acceptors (Lipinski definition) is 4. The van der Waals surface area contributed by atoms with Crippen molar-refractivity contribution in [1.82, 2.24) is 0 Å². The summed E-state index contributed by atoms with van der Waals surface area (Å²) >= 11 is 0. The molecule has 0 heterocycles. The number of ether oxygens (including phenoxy) is 2. The number of esters is 1. The number of carbonyl (C=O) groups is 2. The maximum Gasteiger partial charge on any atom is 0.349 e. The van der Waals surface area contributed by atoms with E-state index in [-0.39, 0.29) is 6.42 Å². The second-order valence-electron chi connectivity index (χ2n) is 4.55. The zero-order chi connectivity index (χ0) is 14.5. The van der Waals surface area contributed by atoms with Gasteiger partial charge in [-0.2, -0.15) is 0 Å². The molecule has 1 N–H and O–H groups in total. The van der Waals surface area contributed by atoms with Crippen LogP contribution in [0, 0.1) is 0 Å². The first-order valence-corrected chi connectivity index (χ1v) is 6.02. The highest BCUT2D eigenvalue weighted by Gasteiger charge is 2.31. The van der Waals surface area contributed by atoms with E-state index in [1.165, 1.54) is 0 Å². The predicted octanol–water partition coefficient (Wildman–Crippen LogP) is 2.03. The smallest absolute Gasteiger partial charge is 0.349 e. The maximum absolute atomic E-state index is 11.7. The van der Waals surface area contributed by atoms with Crippen molar-refractivity contribution in [2.75, 3.05) is 6.61 Å². The van der Waals surface area contributed by atoms with E-state index in [4.69, 9.17) is 14.6 Å². The van der Waals surface area contributed by atoms with Crippen molar-refractivity contribution in [2.24, 2.45) is 0 Å². The lowest BCUT2D eigenvalue weighted by atomic mass is 10.1. The standard InChI is InChI=1S/C14H18O5/c1-4-18-13(17)14(2,3)19-11-7-5-10(6-8-11)9-12(15)16/h5-8H,4,9H2,1-3H3,(H,15,16). The quantitative estimate of drug-likeness (QED) is 0.797. The second kappa shape index (κ2) is 6.22. The van der Waals surface area contributed by atoms with Gasteiger partial charge >= 0.3 is 11.9 Å². The summed E-state index contributed by atoms with van der Waals surface area (Å²) in [5.41, 5.74) is -0.404. The van der Waals surface area contributed by atoms with Crippen LogP contribution >= 0.6 is 0 Å². The summed E-state index contributed by atoms with van der Waals surface area (Å²) in [4.78, 5) is 22.2. The molecule has 19 heavy (non-hydrogen) atoms. The lowest BCUT2D eigenvalue weighted by Crippen LogP contribution is -2.39. The average Bonchev–Trinajstić information content (AvgIpc) is 2.31. The molecule has 5 heteroatoms. The minimum absolute atomic E-state index is 0.0401. The van der Waals surface area contributed by atoms with Gasteiger partial charge < -0.3 is 14.6 Å². The first kappa shape index (κ1) is 15.0. The van der Waals surface area contributed by atoms with Gasteiger partial charge in [-0.3, -0.25) is 4.79 Å². The molecule has 0 aliphatic carbocycles. The van der Waals surface area contributed by atoms with Crippen molar-refractivity contribution in [2.45, 2.75) is 32.8 Å². The third-order valence-corrected chi connectivity index (χ3v) is 2.42. The molecular formula is C14H18O5. The van der Waals surface area contributed by atoms with E-state index in [1.54, 1.807) is 45.0 Å². The van der Waals surface area contributed by atoms with Gasteiger partial charge in [-0.1, -0.05) is 12.1 Å². The number of hydrogen-bond donors (Lipinski definition) is 1. The molecule has 0 saturated heterocycles. The lowest BCUT2D eigenvalue weighted by molar-refractivity contribution is -0.158. The molecule has 1 rings (SSSR count). The Morgan fingerprint density at radius 2 is 1.79 bits per heavy atom. The highest BCUT2D eigenvalue weighted by Crippen LogP contribution is 2.20. The number of carboxylic acid groups (broad SMARTS) is 1. The Hall–Kier alpha value is -2.04. The van der Waals surface area contributed by atoms with Crippen LogP contribution in [-0.2, 0) is 20.7 Å². The summed E-state index contributed by atoms with van der Waals surface area (Å²) in [5, 5.41) is 8.66. The first-order valence-electron chi connectivity index (χ1n) is 6.02. The Morgan fingerprint density at radius 1 is 1.21 bits per heavy atom. The fourth-order valence-electron chi connectivity index (χ4n) is 1.49. The van der Waals surface area contributed by atoms with Crippen molar-refractivity contribution in [3.8, 4) is 5.75 Å². The van der Waals surface area contributed by atoms with Crippen molar-refractivity contribution in [1.29, 1.82) is 0 Å². The Morgan fingerprint density at radius 3 is 2.26 bits per heavy atom. The van der Waals surface area contributed by atoms with E-state index >= 15 is 0 Å². The van der Waals surface area contributed by atoms with Gasteiger partial charge in [0.05, 0.1) is 13.0 Å². The molecule has 0 atom stereocenters. The van der Waals surface area contributed by atoms with Crippen molar-refractivity contribution in [3.63, 3.8) is 0 Å². The molecule has 0 unspecified atom stereocenters. The van der Waals surface area contributed by atoms with Crippen LogP contribution in [0.1, 0.15) is 26.3 Å². The summed E-state index contributed by atoms with van der Waals surface area (Å²) in [6.07, 6.45) is -0.0401. The molecule has 0 aromatic heterocycles. The van der Waals surface area contributed by atoms with E-state index in [0.717, 1.165) is 0 Å². The number of rotatable bonds is 6. The molecule has 1 aromatic carbocycles. The summed E-state index contributed by atoms with van der Waals surface area (Å²) in [6, 6.07) is 6.59. The number of benzene rings is 1. The van der Waals surface area contributed by atoms with Gasteiger partial charge in [-0.05, 0) is 38.5 Å². The van der Waals surface area contributed by atoms with Gasteiger partial charge in [0.1, 0.15) is 5.75 Å².